The minimum atomic E-state index is -0.902. The van der Waals surface area contributed by atoms with Gasteiger partial charge in [-0.3, -0.25) is 4.68 Å². The molecule has 0 atom stereocenters. The maximum Gasteiger partial charge on any atom is 0.335 e. The van der Waals surface area contributed by atoms with Gasteiger partial charge in [-0.25, -0.2) is 4.79 Å². The fourth-order valence-corrected chi connectivity index (χ4v) is 2.66. The summed E-state index contributed by atoms with van der Waals surface area (Å²) in [6.45, 7) is 6.78. The topological polar surface area (TPSA) is 55.1 Å². The molecule has 0 amide bonds. The maximum atomic E-state index is 11.1. The number of terminal acetylenes is 1. The van der Waals surface area contributed by atoms with Crippen LogP contribution in [0.25, 0.3) is 10.9 Å². The monoisotopic (exact) mass is 328 g/mol. The Morgan fingerprint density at radius 2 is 1.88 bits per heavy atom. The molecular formula is C20H28N2O2. The summed E-state index contributed by atoms with van der Waals surface area (Å²) >= 11 is 0. The third-order valence-corrected chi connectivity index (χ3v) is 3.87. The molecule has 130 valence electrons. The second-order valence-corrected chi connectivity index (χ2v) is 5.57. The highest BCUT2D eigenvalue weighted by Crippen LogP contribution is 2.20. The maximum absolute atomic E-state index is 11.1. The summed E-state index contributed by atoms with van der Waals surface area (Å²) in [5.74, 6) is 1.76. The van der Waals surface area contributed by atoms with Gasteiger partial charge in [0.15, 0.2) is 0 Å². The zero-order valence-corrected chi connectivity index (χ0v) is 15.0. The van der Waals surface area contributed by atoms with E-state index in [-0.39, 0.29) is 0 Å². The number of carbonyl (C=O) groups is 1. The van der Waals surface area contributed by atoms with Crippen LogP contribution >= 0.6 is 0 Å². The Morgan fingerprint density at radius 1 is 1.21 bits per heavy atom. The summed E-state index contributed by atoms with van der Waals surface area (Å²) in [5.41, 5.74) is 2.16. The quantitative estimate of drug-likeness (QED) is 0.545. The molecule has 1 N–H and O–H groups in total. The first-order chi connectivity index (χ1) is 11.6. The first-order valence-electron chi connectivity index (χ1n) is 8.77. The Hall–Kier alpha value is -2.28. The van der Waals surface area contributed by atoms with Crippen molar-refractivity contribution in [1.29, 1.82) is 0 Å². The Balaban J connectivity index is 0.00000139. The molecule has 0 radical (unpaired) electrons. The van der Waals surface area contributed by atoms with Gasteiger partial charge in [-0.15, -0.1) is 12.3 Å². The van der Waals surface area contributed by atoms with Gasteiger partial charge in [0.05, 0.1) is 16.8 Å². The van der Waals surface area contributed by atoms with Crippen LogP contribution in [0.15, 0.2) is 18.2 Å². The highest BCUT2D eigenvalue weighted by atomic mass is 16.4. The predicted molar refractivity (Wildman–Crippen MR) is 99.3 cm³/mol. The number of hydrogen-bond donors (Lipinski definition) is 1. The zero-order chi connectivity index (χ0) is 17.9. The number of fused-ring (bicyclic) bond motifs is 1. The number of benzene rings is 1. The average Bonchev–Trinajstić information content (AvgIpc) is 2.91. The molecule has 2 aromatic rings. The summed E-state index contributed by atoms with van der Waals surface area (Å²) in [6, 6.07) is 5.19. The van der Waals surface area contributed by atoms with Crippen molar-refractivity contribution in [3.63, 3.8) is 0 Å². The molecule has 0 aliphatic carbocycles. The van der Waals surface area contributed by atoms with E-state index in [4.69, 9.17) is 11.5 Å². The van der Waals surface area contributed by atoms with Gasteiger partial charge in [0, 0.05) is 18.4 Å². The molecule has 0 aliphatic rings. The molecule has 0 unspecified atom stereocenters. The van der Waals surface area contributed by atoms with Crippen LogP contribution in [0.4, 0.5) is 0 Å². The standard InChI is InChI=1S/C18H22N2O2.C2H6/c1-3-4-5-6-7-8-9-12-20-17-13-15(18(21)22)10-11-16(17)14(2)19-20;1-2/h1,10-11,13H,4-9,12H2,2H3,(H,21,22);1-2H3. The lowest BCUT2D eigenvalue weighted by Gasteiger charge is -2.04. The van der Waals surface area contributed by atoms with Gasteiger partial charge in [-0.05, 0) is 31.9 Å². The number of aryl methyl sites for hydroxylation is 2. The molecule has 0 spiro atoms. The van der Waals surface area contributed by atoms with Gasteiger partial charge in [0.2, 0.25) is 0 Å². The molecule has 4 heteroatoms. The summed E-state index contributed by atoms with van der Waals surface area (Å²) in [4.78, 5) is 11.1. The average molecular weight is 328 g/mol. The third kappa shape index (κ3) is 5.42. The van der Waals surface area contributed by atoms with Crippen LogP contribution in [0.3, 0.4) is 0 Å². The molecule has 2 rings (SSSR count). The van der Waals surface area contributed by atoms with Crippen molar-refractivity contribution in [3.8, 4) is 12.3 Å². The van der Waals surface area contributed by atoms with E-state index in [2.05, 4.69) is 11.0 Å². The number of unbranched alkanes of at least 4 members (excludes halogenated alkanes) is 5. The predicted octanol–water partition coefficient (Wildman–Crippen LogP) is 5.04. The minimum Gasteiger partial charge on any atom is -0.478 e. The molecule has 1 aromatic carbocycles. The Bertz CT molecular complexity index is 695. The van der Waals surface area contributed by atoms with Gasteiger partial charge in [0.1, 0.15) is 0 Å². The van der Waals surface area contributed by atoms with Crippen LogP contribution < -0.4 is 0 Å². The molecule has 0 fully saturated rings. The summed E-state index contributed by atoms with van der Waals surface area (Å²) < 4.78 is 1.93. The van der Waals surface area contributed by atoms with Crippen molar-refractivity contribution in [1.82, 2.24) is 9.78 Å². The van der Waals surface area contributed by atoms with Crippen molar-refractivity contribution in [2.75, 3.05) is 0 Å². The summed E-state index contributed by atoms with van der Waals surface area (Å²) in [7, 11) is 0. The van der Waals surface area contributed by atoms with Gasteiger partial charge in [0.25, 0.3) is 0 Å². The van der Waals surface area contributed by atoms with Crippen molar-refractivity contribution >= 4 is 16.9 Å². The van der Waals surface area contributed by atoms with E-state index in [1.54, 1.807) is 12.1 Å². The highest BCUT2D eigenvalue weighted by molar-refractivity contribution is 5.93. The van der Waals surface area contributed by atoms with E-state index in [1.807, 2.05) is 31.5 Å². The fourth-order valence-electron chi connectivity index (χ4n) is 2.66. The van der Waals surface area contributed by atoms with Crippen molar-refractivity contribution < 1.29 is 9.90 Å². The largest absolute Gasteiger partial charge is 0.478 e. The van der Waals surface area contributed by atoms with E-state index in [0.29, 0.717) is 5.56 Å². The molecule has 0 bridgehead atoms. The van der Waals surface area contributed by atoms with Gasteiger partial charge < -0.3 is 5.11 Å². The van der Waals surface area contributed by atoms with E-state index in [1.165, 1.54) is 12.8 Å². The summed E-state index contributed by atoms with van der Waals surface area (Å²) in [5, 5.41) is 14.7. The van der Waals surface area contributed by atoms with Crippen LogP contribution in [-0.4, -0.2) is 20.9 Å². The smallest absolute Gasteiger partial charge is 0.335 e. The SMILES string of the molecule is C#CCCCCCCCn1nc(C)c2ccc(C(=O)O)cc21.CC. The number of hydrogen-bond acceptors (Lipinski definition) is 2. The van der Waals surface area contributed by atoms with E-state index < -0.39 is 5.97 Å². The molecule has 24 heavy (non-hydrogen) atoms. The number of carboxylic acid groups (broad SMARTS) is 1. The highest BCUT2D eigenvalue weighted by Gasteiger charge is 2.10. The van der Waals surface area contributed by atoms with E-state index in [9.17, 15) is 4.79 Å². The Labute approximate surface area is 144 Å². The molecular weight excluding hydrogens is 300 g/mol. The number of aromatic carboxylic acids is 1. The van der Waals surface area contributed by atoms with Gasteiger partial charge in [-0.1, -0.05) is 39.2 Å². The number of rotatable bonds is 8. The minimum absolute atomic E-state index is 0.308. The first kappa shape index (κ1) is 19.8. The van der Waals surface area contributed by atoms with Crippen molar-refractivity contribution in [2.45, 2.75) is 65.8 Å². The molecule has 1 aromatic heterocycles. The van der Waals surface area contributed by atoms with Crippen LogP contribution in [0, 0.1) is 19.3 Å². The number of nitrogens with zero attached hydrogens (tertiary/aromatic N) is 2. The van der Waals surface area contributed by atoms with Crippen LogP contribution in [0.2, 0.25) is 0 Å². The molecule has 1 heterocycles. The lowest BCUT2D eigenvalue weighted by Crippen LogP contribution is -2.02. The molecule has 4 nitrogen and oxygen atoms in total. The Morgan fingerprint density at radius 3 is 2.54 bits per heavy atom. The van der Waals surface area contributed by atoms with E-state index in [0.717, 1.165) is 48.8 Å². The fraction of sp³-hybridized carbons (Fsp3) is 0.500. The third-order valence-electron chi connectivity index (χ3n) is 3.87. The molecule has 0 saturated carbocycles. The lowest BCUT2D eigenvalue weighted by atomic mass is 10.1. The number of carboxylic acids is 1. The first-order valence-corrected chi connectivity index (χ1v) is 8.77. The zero-order valence-electron chi connectivity index (χ0n) is 15.0. The van der Waals surface area contributed by atoms with Gasteiger partial charge in [-0.2, -0.15) is 5.10 Å². The lowest BCUT2D eigenvalue weighted by molar-refractivity contribution is 0.0697. The Kier molecular flexibility index (Phi) is 8.64. The van der Waals surface area contributed by atoms with Gasteiger partial charge >= 0.3 is 5.97 Å². The molecule has 0 aliphatic heterocycles. The summed E-state index contributed by atoms with van der Waals surface area (Å²) in [6.07, 6.45) is 11.7. The molecule has 0 saturated heterocycles. The van der Waals surface area contributed by atoms with Crippen molar-refractivity contribution in [2.24, 2.45) is 0 Å². The van der Waals surface area contributed by atoms with Crippen LogP contribution in [-0.2, 0) is 6.54 Å². The van der Waals surface area contributed by atoms with Crippen LogP contribution in [0.5, 0.6) is 0 Å². The second kappa shape index (κ2) is 10.5. The normalized spacial score (nSPS) is 10.1. The van der Waals surface area contributed by atoms with E-state index >= 15 is 0 Å². The number of aromatic nitrogens is 2. The van der Waals surface area contributed by atoms with Crippen LogP contribution in [0.1, 0.15) is 68.4 Å². The second-order valence-electron chi connectivity index (χ2n) is 5.57. The van der Waals surface area contributed by atoms with Crippen molar-refractivity contribution in [3.05, 3.63) is 29.5 Å².